The van der Waals surface area contributed by atoms with Crippen LogP contribution >= 0.6 is 15.9 Å². The first kappa shape index (κ1) is 19.3. The van der Waals surface area contributed by atoms with Crippen molar-refractivity contribution in [1.29, 1.82) is 0 Å². The van der Waals surface area contributed by atoms with Crippen LogP contribution in [0, 0.1) is 6.92 Å². The summed E-state index contributed by atoms with van der Waals surface area (Å²) in [5.74, 6) is -0.110. The van der Waals surface area contributed by atoms with E-state index in [1.165, 1.54) is 0 Å². The lowest BCUT2D eigenvalue weighted by Crippen LogP contribution is -2.35. The molecule has 0 saturated carbocycles. The second-order valence-electron chi connectivity index (χ2n) is 6.28. The van der Waals surface area contributed by atoms with E-state index in [0.717, 1.165) is 27.8 Å². The number of benzene rings is 2. The highest BCUT2D eigenvalue weighted by Gasteiger charge is 2.21. The van der Waals surface area contributed by atoms with E-state index in [1.54, 1.807) is 15.8 Å². The van der Waals surface area contributed by atoms with Crippen molar-refractivity contribution >= 4 is 21.8 Å². The van der Waals surface area contributed by atoms with E-state index in [1.807, 2.05) is 61.5 Å². The zero-order valence-electron chi connectivity index (χ0n) is 15.2. The summed E-state index contributed by atoms with van der Waals surface area (Å²) in [6.07, 6.45) is 2.35. The summed E-state index contributed by atoms with van der Waals surface area (Å²) in [4.78, 5) is 14.7. The van der Waals surface area contributed by atoms with Crippen molar-refractivity contribution in [3.8, 4) is 5.69 Å². The third-order valence-corrected chi connectivity index (χ3v) is 5.01. The van der Waals surface area contributed by atoms with Crippen LogP contribution in [0.4, 0.5) is 0 Å². The molecule has 6 heteroatoms. The summed E-state index contributed by atoms with van der Waals surface area (Å²) in [7, 11) is 0. The Kier molecular flexibility index (Phi) is 6.42. The molecule has 0 atom stereocenters. The van der Waals surface area contributed by atoms with Crippen LogP contribution in [0.15, 0.2) is 65.3 Å². The fraction of sp³-hybridized carbons (Fsp3) is 0.238. The Balaban J connectivity index is 1.78. The summed E-state index contributed by atoms with van der Waals surface area (Å²) < 4.78 is 2.75. The van der Waals surface area contributed by atoms with Crippen LogP contribution in [0.3, 0.4) is 0 Å². The summed E-state index contributed by atoms with van der Waals surface area (Å²) >= 11 is 3.42. The van der Waals surface area contributed by atoms with Crippen LogP contribution in [-0.2, 0) is 6.42 Å². The molecule has 0 unspecified atom stereocenters. The van der Waals surface area contributed by atoms with Crippen molar-refractivity contribution in [3.05, 3.63) is 82.1 Å². The van der Waals surface area contributed by atoms with Crippen LogP contribution in [0.1, 0.15) is 21.6 Å². The molecule has 0 saturated heterocycles. The number of carbonyl (C=O) groups is 1. The molecule has 3 aromatic rings. The van der Waals surface area contributed by atoms with Gasteiger partial charge < -0.3 is 10.0 Å². The van der Waals surface area contributed by atoms with Gasteiger partial charge in [-0.1, -0.05) is 46.3 Å². The number of nitrogens with zero attached hydrogens (tertiary/aromatic N) is 3. The van der Waals surface area contributed by atoms with Gasteiger partial charge in [0.15, 0.2) is 0 Å². The standard InChI is InChI=1S/C21H22BrN3O2/c1-16-20(15-23-25(16)19-9-7-18(22)8-10-19)21(27)24(13-14-26)12-11-17-5-3-2-4-6-17/h2-10,15,26H,11-14H2,1H3. The van der Waals surface area contributed by atoms with E-state index < -0.39 is 0 Å². The molecule has 0 fully saturated rings. The second-order valence-corrected chi connectivity index (χ2v) is 7.20. The number of hydrogen-bond donors (Lipinski definition) is 1. The number of rotatable bonds is 7. The second kappa shape index (κ2) is 8.97. The third-order valence-electron chi connectivity index (χ3n) is 4.48. The van der Waals surface area contributed by atoms with Gasteiger partial charge in [-0.05, 0) is 43.2 Å². The van der Waals surface area contributed by atoms with E-state index in [9.17, 15) is 9.90 Å². The maximum atomic E-state index is 13.0. The lowest BCUT2D eigenvalue weighted by Gasteiger charge is -2.21. The number of aromatic nitrogens is 2. The molecule has 5 nitrogen and oxygen atoms in total. The fourth-order valence-electron chi connectivity index (χ4n) is 2.98. The van der Waals surface area contributed by atoms with E-state index >= 15 is 0 Å². The summed E-state index contributed by atoms with van der Waals surface area (Å²) in [5, 5.41) is 13.8. The van der Waals surface area contributed by atoms with Gasteiger partial charge in [0.25, 0.3) is 5.91 Å². The van der Waals surface area contributed by atoms with Crippen LogP contribution in [0.5, 0.6) is 0 Å². The predicted octanol–water partition coefficient (Wildman–Crippen LogP) is 3.62. The molecule has 0 aliphatic rings. The maximum absolute atomic E-state index is 13.0. The molecule has 1 amide bonds. The molecule has 0 aliphatic heterocycles. The van der Waals surface area contributed by atoms with Crippen molar-refractivity contribution in [2.24, 2.45) is 0 Å². The largest absolute Gasteiger partial charge is 0.395 e. The minimum absolute atomic E-state index is 0.0690. The number of aliphatic hydroxyl groups is 1. The summed E-state index contributed by atoms with van der Waals surface area (Å²) in [6.45, 7) is 2.66. The quantitative estimate of drug-likeness (QED) is 0.626. The van der Waals surface area contributed by atoms with E-state index in [2.05, 4.69) is 21.0 Å². The van der Waals surface area contributed by atoms with Gasteiger partial charge in [-0.3, -0.25) is 4.79 Å². The van der Waals surface area contributed by atoms with E-state index in [0.29, 0.717) is 18.7 Å². The SMILES string of the molecule is Cc1c(C(=O)N(CCO)CCc2ccccc2)cnn1-c1ccc(Br)cc1. The smallest absolute Gasteiger partial charge is 0.257 e. The minimum atomic E-state index is -0.110. The van der Waals surface area contributed by atoms with Gasteiger partial charge in [-0.2, -0.15) is 5.10 Å². The Hall–Kier alpha value is -2.44. The van der Waals surface area contributed by atoms with E-state index in [-0.39, 0.29) is 12.5 Å². The van der Waals surface area contributed by atoms with Gasteiger partial charge in [0.1, 0.15) is 0 Å². The minimum Gasteiger partial charge on any atom is -0.395 e. The van der Waals surface area contributed by atoms with Gasteiger partial charge in [0.05, 0.1) is 29.7 Å². The highest BCUT2D eigenvalue weighted by atomic mass is 79.9. The first-order valence-corrected chi connectivity index (χ1v) is 9.64. The molecule has 0 spiro atoms. The molecule has 140 valence electrons. The Morgan fingerprint density at radius 2 is 1.81 bits per heavy atom. The Labute approximate surface area is 167 Å². The Bertz CT molecular complexity index is 892. The van der Waals surface area contributed by atoms with Gasteiger partial charge in [0, 0.05) is 17.6 Å². The third kappa shape index (κ3) is 4.64. The average Bonchev–Trinajstić information content (AvgIpc) is 3.07. The molecule has 1 heterocycles. The van der Waals surface area contributed by atoms with Crippen molar-refractivity contribution in [2.45, 2.75) is 13.3 Å². The molecule has 3 rings (SSSR count). The number of hydrogen-bond acceptors (Lipinski definition) is 3. The zero-order chi connectivity index (χ0) is 19.2. The molecular formula is C21H22BrN3O2. The molecule has 27 heavy (non-hydrogen) atoms. The van der Waals surface area contributed by atoms with Crippen molar-refractivity contribution in [2.75, 3.05) is 19.7 Å². The Morgan fingerprint density at radius 1 is 1.11 bits per heavy atom. The molecule has 0 radical (unpaired) electrons. The molecule has 1 aromatic heterocycles. The first-order chi connectivity index (χ1) is 13.1. The average molecular weight is 428 g/mol. The predicted molar refractivity (Wildman–Crippen MR) is 109 cm³/mol. The number of amides is 1. The molecule has 0 bridgehead atoms. The zero-order valence-corrected chi connectivity index (χ0v) is 16.8. The first-order valence-electron chi connectivity index (χ1n) is 8.85. The lowest BCUT2D eigenvalue weighted by atomic mass is 10.1. The van der Waals surface area contributed by atoms with Crippen molar-refractivity contribution in [3.63, 3.8) is 0 Å². The van der Waals surface area contributed by atoms with Gasteiger partial charge >= 0.3 is 0 Å². The molecule has 1 N–H and O–H groups in total. The number of aliphatic hydroxyl groups excluding tert-OH is 1. The van der Waals surface area contributed by atoms with E-state index in [4.69, 9.17) is 0 Å². The van der Waals surface area contributed by atoms with Crippen LogP contribution in [-0.4, -0.2) is 45.4 Å². The van der Waals surface area contributed by atoms with Gasteiger partial charge in [-0.15, -0.1) is 0 Å². The van der Waals surface area contributed by atoms with Crippen LogP contribution < -0.4 is 0 Å². The molecular weight excluding hydrogens is 406 g/mol. The van der Waals surface area contributed by atoms with Crippen molar-refractivity contribution < 1.29 is 9.90 Å². The summed E-state index contributed by atoms with van der Waals surface area (Å²) in [6, 6.07) is 17.8. The lowest BCUT2D eigenvalue weighted by molar-refractivity contribution is 0.0723. The Morgan fingerprint density at radius 3 is 2.48 bits per heavy atom. The number of carbonyl (C=O) groups excluding carboxylic acids is 1. The highest BCUT2D eigenvalue weighted by Crippen LogP contribution is 2.18. The maximum Gasteiger partial charge on any atom is 0.257 e. The molecule has 2 aromatic carbocycles. The summed E-state index contributed by atoms with van der Waals surface area (Å²) in [5.41, 5.74) is 3.40. The molecule has 0 aliphatic carbocycles. The normalized spacial score (nSPS) is 10.8. The highest BCUT2D eigenvalue weighted by molar-refractivity contribution is 9.10. The fourth-order valence-corrected chi connectivity index (χ4v) is 3.24. The van der Waals surface area contributed by atoms with Crippen LogP contribution in [0.25, 0.3) is 5.69 Å². The number of halogens is 1. The van der Waals surface area contributed by atoms with Gasteiger partial charge in [0.2, 0.25) is 0 Å². The van der Waals surface area contributed by atoms with Crippen LogP contribution in [0.2, 0.25) is 0 Å². The van der Waals surface area contributed by atoms with Crippen molar-refractivity contribution in [1.82, 2.24) is 14.7 Å². The monoisotopic (exact) mass is 427 g/mol. The topological polar surface area (TPSA) is 58.4 Å². The van der Waals surface area contributed by atoms with Gasteiger partial charge in [-0.25, -0.2) is 4.68 Å².